The number of nitrogens with zero attached hydrogens (tertiary/aromatic N) is 3. The molecule has 1 saturated heterocycles. The Hall–Kier alpha value is -2.64. The van der Waals surface area contributed by atoms with Crippen LogP contribution in [0.15, 0.2) is 36.7 Å². The first-order valence-corrected chi connectivity index (χ1v) is 7.49. The van der Waals surface area contributed by atoms with Crippen LogP contribution in [0.4, 0.5) is 24.8 Å². The fourth-order valence-corrected chi connectivity index (χ4v) is 2.56. The van der Waals surface area contributed by atoms with Crippen LogP contribution in [0.2, 0.25) is 0 Å². The number of hydrogen-bond acceptors (Lipinski definition) is 4. The monoisotopic (exact) mass is 336 g/mol. The SMILES string of the molecule is O=C(Nc1cc(N2CCCC2)ncn1)c1cccc(C(F)(F)F)c1. The van der Waals surface area contributed by atoms with E-state index in [0.29, 0.717) is 5.82 Å². The Labute approximate surface area is 136 Å². The van der Waals surface area contributed by atoms with E-state index in [4.69, 9.17) is 0 Å². The molecule has 2 aromatic rings. The number of carbonyl (C=O) groups is 1. The van der Waals surface area contributed by atoms with Crippen molar-refractivity contribution in [2.75, 3.05) is 23.3 Å². The van der Waals surface area contributed by atoms with Crippen molar-refractivity contribution >= 4 is 17.5 Å². The minimum Gasteiger partial charge on any atom is -0.356 e. The Morgan fingerprint density at radius 1 is 1.12 bits per heavy atom. The number of benzene rings is 1. The van der Waals surface area contributed by atoms with Gasteiger partial charge in [0.1, 0.15) is 18.0 Å². The summed E-state index contributed by atoms with van der Waals surface area (Å²) in [5.74, 6) is 0.309. The predicted molar refractivity (Wildman–Crippen MR) is 82.9 cm³/mol. The van der Waals surface area contributed by atoms with Gasteiger partial charge in [-0.25, -0.2) is 9.97 Å². The van der Waals surface area contributed by atoms with Gasteiger partial charge in [-0.3, -0.25) is 4.79 Å². The fraction of sp³-hybridized carbons (Fsp3) is 0.312. The first-order valence-electron chi connectivity index (χ1n) is 7.49. The standard InChI is InChI=1S/C16H15F3N4O/c17-16(18,19)12-5-3-4-11(8-12)15(24)22-13-9-14(21-10-20-13)23-6-1-2-7-23/h3-5,8-10H,1-2,6-7H2,(H,20,21,22,24). The summed E-state index contributed by atoms with van der Waals surface area (Å²) < 4.78 is 38.2. The number of rotatable bonds is 3. The summed E-state index contributed by atoms with van der Waals surface area (Å²) in [6.45, 7) is 1.77. The van der Waals surface area contributed by atoms with E-state index >= 15 is 0 Å². The van der Waals surface area contributed by atoms with E-state index in [9.17, 15) is 18.0 Å². The number of alkyl halides is 3. The highest BCUT2D eigenvalue weighted by Gasteiger charge is 2.30. The van der Waals surface area contributed by atoms with Gasteiger partial charge in [0.2, 0.25) is 0 Å². The van der Waals surface area contributed by atoms with Crippen molar-refractivity contribution in [3.63, 3.8) is 0 Å². The quantitative estimate of drug-likeness (QED) is 0.934. The highest BCUT2D eigenvalue weighted by atomic mass is 19.4. The number of amides is 1. The van der Waals surface area contributed by atoms with E-state index in [-0.39, 0.29) is 11.4 Å². The molecule has 0 unspecified atom stereocenters. The van der Waals surface area contributed by atoms with Gasteiger partial charge in [-0.05, 0) is 31.0 Å². The lowest BCUT2D eigenvalue weighted by molar-refractivity contribution is -0.137. The van der Waals surface area contributed by atoms with Crippen molar-refractivity contribution in [3.8, 4) is 0 Å². The molecule has 1 aromatic carbocycles. The second-order valence-corrected chi connectivity index (χ2v) is 5.49. The minimum atomic E-state index is -4.49. The summed E-state index contributed by atoms with van der Waals surface area (Å²) in [4.78, 5) is 22.4. The van der Waals surface area contributed by atoms with Gasteiger partial charge in [-0.15, -0.1) is 0 Å². The molecule has 8 heteroatoms. The Kier molecular flexibility index (Phi) is 4.37. The van der Waals surface area contributed by atoms with Gasteiger partial charge in [-0.2, -0.15) is 13.2 Å². The molecule has 2 heterocycles. The zero-order valence-electron chi connectivity index (χ0n) is 12.7. The van der Waals surface area contributed by atoms with Gasteiger partial charge >= 0.3 is 6.18 Å². The van der Waals surface area contributed by atoms with Crippen LogP contribution in [0, 0.1) is 0 Å². The average molecular weight is 336 g/mol. The Morgan fingerprint density at radius 2 is 1.88 bits per heavy atom. The Morgan fingerprint density at radius 3 is 2.58 bits per heavy atom. The van der Waals surface area contributed by atoms with E-state index in [1.807, 2.05) is 0 Å². The molecule has 1 amide bonds. The van der Waals surface area contributed by atoms with Gasteiger partial charge < -0.3 is 10.2 Å². The highest BCUT2D eigenvalue weighted by molar-refractivity contribution is 6.04. The van der Waals surface area contributed by atoms with Gasteiger partial charge in [-0.1, -0.05) is 6.07 Å². The van der Waals surface area contributed by atoms with Crippen LogP contribution in [0.25, 0.3) is 0 Å². The Balaban J connectivity index is 1.76. The maximum Gasteiger partial charge on any atom is 0.416 e. The Bertz CT molecular complexity index is 742. The number of nitrogens with one attached hydrogen (secondary N) is 1. The summed E-state index contributed by atoms with van der Waals surface area (Å²) in [6.07, 6.45) is -1.00. The lowest BCUT2D eigenvalue weighted by Gasteiger charge is -2.16. The number of hydrogen-bond donors (Lipinski definition) is 1. The third-order valence-corrected chi connectivity index (χ3v) is 3.78. The molecule has 126 valence electrons. The summed E-state index contributed by atoms with van der Waals surface area (Å²) in [5.41, 5.74) is -0.943. The third kappa shape index (κ3) is 3.64. The van der Waals surface area contributed by atoms with Crippen LogP contribution >= 0.6 is 0 Å². The van der Waals surface area contributed by atoms with Crippen LogP contribution in [0.5, 0.6) is 0 Å². The molecule has 0 bridgehead atoms. The number of carbonyl (C=O) groups excluding carboxylic acids is 1. The number of halogens is 3. The van der Waals surface area contributed by atoms with Gasteiger partial charge in [0.05, 0.1) is 5.56 Å². The molecule has 1 N–H and O–H groups in total. The van der Waals surface area contributed by atoms with Crippen LogP contribution in [-0.2, 0) is 6.18 Å². The normalized spacial score (nSPS) is 14.7. The zero-order valence-corrected chi connectivity index (χ0v) is 12.7. The summed E-state index contributed by atoms with van der Waals surface area (Å²) in [7, 11) is 0. The molecular weight excluding hydrogens is 321 g/mol. The first kappa shape index (κ1) is 16.2. The van der Waals surface area contributed by atoms with Crippen LogP contribution < -0.4 is 10.2 Å². The molecule has 0 aliphatic carbocycles. The van der Waals surface area contributed by atoms with Crippen LogP contribution in [-0.4, -0.2) is 29.0 Å². The number of aromatic nitrogens is 2. The maximum absolute atomic E-state index is 12.7. The summed E-state index contributed by atoms with van der Waals surface area (Å²) in [5, 5.41) is 2.52. The van der Waals surface area contributed by atoms with Gasteiger partial charge in [0.15, 0.2) is 0 Å². The molecule has 0 atom stereocenters. The highest BCUT2D eigenvalue weighted by Crippen LogP contribution is 2.29. The molecule has 24 heavy (non-hydrogen) atoms. The molecule has 1 aliphatic rings. The second kappa shape index (κ2) is 6.46. The molecule has 0 spiro atoms. The van der Waals surface area contributed by atoms with E-state index in [1.54, 1.807) is 6.07 Å². The van der Waals surface area contributed by atoms with Crippen LogP contribution in [0.3, 0.4) is 0 Å². The van der Waals surface area contributed by atoms with Gasteiger partial charge in [0, 0.05) is 24.7 Å². The minimum absolute atomic E-state index is 0.0776. The molecule has 1 aromatic heterocycles. The fourth-order valence-electron chi connectivity index (χ4n) is 2.56. The zero-order chi connectivity index (χ0) is 17.2. The van der Waals surface area contributed by atoms with E-state index in [2.05, 4.69) is 20.2 Å². The van der Waals surface area contributed by atoms with Crippen molar-refractivity contribution < 1.29 is 18.0 Å². The lowest BCUT2D eigenvalue weighted by Crippen LogP contribution is -2.20. The van der Waals surface area contributed by atoms with Crippen molar-refractivity contribution in [3.05, 3.63) is 47.8 Å². The largest absolute Gasteiger partial charge is 0.416 e. The lowest BCUT2D eigenvalue weighted by atomic mass is 10.1. The molecule has 0 saturated carbocycles. The van der Waals surface area contributed by atoms with Crippen molar-refractivity contribution in [2.24, 2.45) is 0 Å². The third-order valence-electron chi connectivity index (χ3n) is 3.78. The topological polar surface area (TPSA) is 58.1 Å². The van der Waals surface area contributed by atoms with Crippen molar-refractivity contribution in [1.29, 1.82) is 0 Å². The smallest absolute Gasteiger partial charge is 0.356 e. The first-order chi connectivity index (χ1) is 11.4. The van der Waals surface area contributed by atoms with Gasteiger partial charge in [0.25, 0.3) is 5.91 Å². The maximum atomic E-state index is 12.7. The summed E-state index contributed by atoms with van der Waals surface area (Å²) >= 11 is 0. The van der Waals surface area contributed by atoms with Crippen molar-refractivity contribution in [2.45, 2.75) is 19.0 Å². The van der Waals surface area contributed by atoms with Crippen LogP contribution in [0.1, 0.15) is 28.8 Å². The van der Waals surface area contributed by atoms with Crippen molar-refractivity contribution in [1.82, 2.24) is 9.97 Å². The average Bonchev–Trinajstić information content (AvgIpc) is 3.09. The molecule has 0 radical (unpaired) electrons. The molecular formula is C16H15F3N4O. The summed E-state index contributed by atoms with van der Waals surface area (Å²) in [6, 6.07) is 5.89. The number of anilines is 2. The predicted octanol–water partition coefficient (Wildman–Crippen LogP) is 3.35. The molecule has 5 nitrogen and oxygen atoms in total. The molecule has 1 aliphatic heterocycles. The second-order valence-electron chi connectivity index (χ2n) is 5.49. The van der Waals surface area contributed by atoms with E-state index in [1.165, 1.54) is 18.5 Å². The van der Waals surface area contributed by atoms with E-state index in [0.717, 1.165) is 38.1 Å². The molecule has 1 fully saturated rings. The molecule has 3 rings (SSSR count). The van der Waals surface area contributed by atoms with E-state index < -0.39 is 17.6 Å².